The normalized spacial score (nSPS) is 22.0. The number of aliphatic hydroxyl groups is 1. The van der Waals surface area contributed by atoms with Crippen molar-refractivity contribution in [1.82, 2.24) is 14.9 Å². The van der Waals surface area contributed by atoms with Gasteiger partial charge < -0.3 is 25.5 Å². The number of nitrogen functional groups attached to an aromatic ring is 1. The van der Waals surface area contributed by atoms with Crippen molar-refractivity contribution in [3.05, 3.63) is 17.6 Å². The number of nitrogens with zero attached hydrogens (tertiary/aromatic N) is 3. The molecule has 6 N–H and O–H groups in total. The van der Waals surface area contributed by atoms with Crippen LogP contribution in [0.2, 0.25) is 0 Å². The van der Waals surface area contributed by atoms with E-state index in [9.17, 15) is 14.0 Å². The molecule has 0 aromatic carbocycles. The number of hydrogen-bond acceptors (Lipinski definition) is 10. The number of phosphoric acid groups is 2. The van der Waals surface area contributed by atoms with Gasteiger partial charge in [-0.3, -0.25) is 9.42 Å². The predicted octanol–water partition coefficient (Wildman–Crippen LogP) is 1.25. The maximum atomic E-state index is 11.4. The third-order valence-corrected chi connectivity index (χ3v) is 7.55. The first-order chi connectivity index (χ1) is 13.4. The lowest BCUT2D eigenvalue weighted by Crippen LogP contribution is -2.32. The third kappa shape index (κ3) is 9.84. The van der Waals surface area contributed by atoms with Crippen LogP contribution in [0.15, 0.2) is 6.20 Å². The minimum Gasteiger partial charge on any atom is -0.397 e. The fraction of sp³-hybridized carbons (Fsp3) is 0.714. The monoisotopic (exact) mass is 474 g/mol. The summed E-state index contributed by atoms with van der Waals surface area (Å²) in [6.45, 7) is 6.12. The smallest absolute Gasteiger partial charge is 0.397 e. The van der Waals surface area contributed by atoms with Gasteiger partial charge in [0.25, 0.3) is 0 Å². The second kappa shape index (κ2) is 11.7. The van der Waals surface area contributed by atoms with Gasteiger partial charge in [-0.2, -0.15) is 4.31 Å². The van der Waals surface area contributed by atoms with Crippen LogP contribution in [0.4, 0.5) is 5.82 Å². The maximum Gasteiger partial charge on any atom is 0.481 e. The molecule has 15 heteroatoms. The molecule has 0 amide bonds. The van der Waals surface area contributed by atoms with Crippen LogP contribution >= 0.6 is 27.4 Å². The van der Waals surface area contributed by atoms with E-state index in [1.54, 1.807) is 31.8 Å². The van der Waals surface area contributed by atoms with Crippen LogP contribution in [0, 0.1) is 6.92 Å². The van der Waals surface area contributed by atoms with Gasteiger partial charge in [-0.05, 0) is 27.2 Å². The molecule has 1 aliphatic heterocycles. The highest BCUT2D eigenvalue weighted by Gasteiger charge is 2.35. The summed E-state index contributed by atoms with van der Waals surface area (Å²) in [5, 5.41) is 7.68. The Morgan fingerprint density at radius 3 is 2.55 bits per heavy atom. The Labute approximate surface area is 173 Å². The van der Waals surface area contributed by atoms with Crippen LogP contribution in [0.25, 0.3) is 0 Å². The number of aliphatic hydroxyl groups excluding tert-OH is 1. The summed E-state index contributed by atoms with van der Waals surface area (Å²) in [4.78, 5) is 36.9. The molecule has 1 aromatic rings. The summed E-state index contributed by atoms with van der Waals surface area (Å²) in [6.07, 6.45) is 2.12. The summed E-state index contributed by atoms with van der Waals surface area (Å²) < 4.78 is 30.4. The Balaban J connectivity index is 0.00000132. The molecule has 0 bridgehead atoms. The van der Waals surface area contributed by atoms with E-state index in [1.165, 1.54) is 0 Å². The largest absolute Gasteiger partial charge is 0.481 e. The van der Waals surface area contributed by atoms with Crippen LogP contribution in [-0.4, -0.2) is 65.0 Å². The van der Waals surface area contributed by atoms with Crippen molar-refractivity contribution in [2.45, 2.75) is 45.0 Å². The number of hydrogen-bond donors (Lipinski definition) is 5. The second-order valence-electron chi connectivity index (χ2n) is 6.13. The number of phosphoric ester groups is 1. The van der Waals surface area contributed by atoms with E-state index in [1.807, 2.05) is 6.92 Å². The van der Waals surface area contributed by atoms with Gasteiger partial charge in [0.1, 0.15) is 11.6 Å². The van der Waals surface area contributed by atoms with Crippen LogP contribution in [0.5, 0.6) is 0 Å². The number of thioether (sulfide) groups is 1. The first kappa shape index (κ1) is 26.4. The van der Waals surface area contributed by atoms with Crippen LogP contribution in [0.3, 0.4) is 0 Å². The van der Waals surface area contributed by atoms with Crippen molar-refractivity contribution in [3.63, 3.8) is 0 Å². The molecular formula is C14H28N4O8P2S. The van der Waals surface area contributed by atoms with E-state index in [2.05, 4.69) is 23.7 Å². The molecule has 12 nitrogen and oxygen atoms in total. The molecule has 2 rings (SSSR count). The van der Waals surface area contributed by atoms with Gasteiger partial charge in [-0.1, -0.05) is 0 Å². The number of rotatable bonds is 8. The number of aryl methyl sites for hydroxylation is 1. The van der Waals surface area contributed by atoms with E-state index >= 15 is 0 Å². The SMILES string of the molecule is CCO.Cc1ncc(CN2CS[C@@H](CCOP(=O)(O)OP(=O)(O)O)C2C)c(N)n1. The van der Waals surface area contributed by atoms with Gasteiger partial charge in [0.2, 0.25) is 0 Å². The molecule has 168 valence electrons. The van der Waals surface area contributed by atoms with Gasteiger partial charge in [-0.25, -0.2) is 19.1 Å². The predicted molar refractivity (Wildman–Crippen MR) is 109 cm³/mol. The summed E-state index contributed by atoms with van der Waals surface area (Å²) in [5.74, 6) is 1.78. The van der Waals surface area contributed by atoms with E-state index < -0.39 is 15.6 Å². The van der Waals surface area contributed by atoms with Crippen LogP contribution in [-0.2, 0) is 24.5 Å². The number of aromatic nitrogens is 2. The Morgan fingerprint density at radius 1 is 1.38 bits per heavy atom. The van der Waals surface area contributed by atoms with Crippen LogP contribution in [0.1, 0.15) is 31.7 Å². The van der Waals surface area contributed by atoms with E-state index in [0.29, 0.717) is 24.6 Å². The molecule has 1 aliphatic rings. The first-order valence-corrected chi connectivity index (χ1v) is 12.7. The molecule has 1 fully saturated rings. The molecule has 3 atom stereocenters. The topological polar surface area (TPSA) is 189 Å². The summed E-state index contributed by atoms with van der Waals surface area (Å²) in [5.41, 5.74) is 6.75. The average molecular weight is 474 g/mol. The van der Waals surface area contributed by atoms with Crippen molar-refractivity contribution in [2.75, 3.05) is 24.8 Å². The Morgan fingerprint density at radius 2 is 2.00 bits per heavy atom. The molecule has 29 heavy (non-hydrogen) atoms. The minimum absolute atomic E-state index is 0.109. The van der Waals surface area contributed by atoms with Gasteiger partial charge >= 0.3 is 15.6 Å². The van der Waals surface area contributed by atoms with Gasteiger partial charge in [0.05, 0.1) is 6.61 Å². The molecule has 0 saturated carbocycles. The lowest BCUT2D eigenvalue weighted by Gasteiger charge is -2.24. The van der Waals surface area contributed by atoms with Crippen molar-refractivity contribution in [2.24, 2.45) is 0 Å². The van der Waals surface area contributed by atoms with Crippen molar-refractivity contribution in [3.8, 4) is 0 Å². The minimum atomic E-state index is -5.10. The molecule has 0 radical (unpaired) electrons. The quantitative estimate of drug-likeness (QED) is 0.339. The highest BCUT2D eigenvalue weighted by molar-refractivity contribution is 8.00. The Bertz CT molecular complexity index is 752. The first-order valence-electron chi connectivity index (χ1n) is 8.67. The van der Waals surface area contributed by atoms with Gasteiger partial charge in [-0.15, -0.1) is 11.8 Å². The summed E-state index contributed by atoms with van der Waals surface area (Å²) >= 11 is 1.65. The number of nitrogens with two attached hydrogens (primary N) is 1. The molecule has 0 spiro atoms. The van der Waals surface area contributed by atoms with Crippen LogP contribution < -0.4 is 5.73 Å². The van der Waals surface area contributed by atoms with E-state index in [-0.39, 0.29) is 24.5 Å². The summed E-state index contributed by atoms with van der Waals surface area (Å²) in [6, 6.07) is 0.130. The van der Waals surface area contributed by atoms with E-state index in [4.69, 9.17) is 20.6 Å². The fourth-order valence-electron chi connectivity index (χ4n) is 2.49. The molecular weight excluding hydrogens is 446 g/mol. The van der Waals surface area contributed by atoms with Gasteiger partial charge in [0.15, 0.2) is 0 Å². The zero-order valence-corrected chi connectivity index (χ0v) is 19.0. The maximum absolute atomic E-state index is 11.4. The van der Waals surface area contributed by atoms with Crippen molar-refractivity contribution >= 4 is 33.2 Å². The van der Waals surface area contributed by atoms with Gasteiger partial charge in [0, 0.05) is 42.1 Å². The Hall–Kier alpha value is -0.590. The average Bonchev–Trinajstić information content (AvgIpc) is 2.89. The highest BCUT2D eigenvalue weighted by atomic mass is 32.2. The standard InChI is InChI=1S/C12H22N4O7P2S.C2H6O/c1-8-11(3-4-22-25(20,21)23-24(17,18)19)26-7-16(8)6-10-5-14-9(2)15-12(10)13;1-2-3/h5,8,11H,3-4,6-7H2,1-2H3,(H,20,21)(H2,13,14,15)(H2,17,18,19);3H,2H2,1H3/t8?,11-;/m0./s1. The van der Waals surface area contributed by atoms with E-state index in [0.717, 1.165) is 11.4 Å². The highest BCUT2D eigenvalue weighted by Crippen LogP contribution is 2.57. The molecule has 2 heterocycles. The summed E-state index contributed by atoms with van der Waals surface area (Å²) in [7, 11) is -9.89. The second-order valence-corrected chi connectivity index (χ2v) is 10.2. The molecule has 0 aliphatic carbocycles. The van der Waals surface area contributed by atoms with Crippen molar-refractivity contribution in [1.29, 1.82) is 0 Å². The zero-order valence-electron chi connectivity index (χ0n) is 16.4. The number of anilines is 1. The molecule has 1 aromatic heterocycles. The molecule has 1 saturated heterocycles. The Kier molecular flexibility index (Phi) is 10.7. The third-order valence-electron chi connectivity index (χ3n) is 3.83. The molecule has 2 unspecified atom stereocenters. The van der Waals surface area contributed by atoms with Crippen molar-refractivity contribution < 1.29 is 37.8 Å². The fourth-order valence-corrected chi connectivity index (χ4v) is 5.52. The lowest BCUT2D eigenvalue weighted by atomic mass is 10.1. The lowest BCUT2D eigenvalue weighted by molar-refractivity contribution is 0.171. The zero-order chi connectivity index (χ0) is 22.2.